The summed E-state index contributed by atoms with van der Waals surface area (Å²) >= 11 is 0. The van der Waals surface area contributed by atoms with E-state index in [2.05, 4.69) is 0 Å². The van der Waals surface area contributed by atoms with Gasteiger partial charge in [-0.05, 0) is 5.56 Å². The van der Waals surface area contributed by atoms with Crippen molar-refractivity contribution in [3.05, 3.63) is 35.9 Å². The average Bonchev–Trinajstić information content (AvgIpc) is 3.07. The molecule has 15 heavy (non-hydrogen) atoms. The molecule has 1 aromatic carbocycles. The van der Waals surface area contributed by atoms with Gasteiger partial charge in [0, 0.05) is 0 Å². The average molecular weight is 210 g/mol. The van der Waals surface area contributed by atoms with Crippen LogP contribution in [-0.2, 0) is 4.74 Å². The van der Waals surface area contributed by atoms with Crippen LogP contribution in [0.3, 0.4) is 0 Å². The van der Waals surface area contributed by atoms with E-state index < -0.39 is 18.3 Å². The van der Waals surface area contributed by atoms with Crippen LogP contribution in [0.25, 0.3) is 0 Å². The summed E-state index contributed by atoms with van der Waals surface area (Å²) in [4.78, 5) is 0. The highest BCUT2D eigenvalue weighted by molar-refractivity contribution is 5.19. The Hall–Kier alpha value is -0.940. The molecule has 1 fully saturated rings. The molecule has 4 nitrogen and oxygen atoms in total. The number of hydrogen-bond acceptors (Lipinski definition) is 4. The second kappa shape index (κ2) is 4.28. The lowest BCUT2D eigenvalue weighted by atomic mass is 10.0. The Bertz CT molecular complexity index is 314. The molecule has 82 valence electrons. The molecule has 0 bridgehead atoms. The third-order valence-corrected chi connectivity index (χ3v) is 2.60. The van der Waals surface area contributed by atoms with Crippen molar-refractivity contribution >= 4 is 0 Å². The van der Waals surface area contributed by atoms with Crippen LogP contribution >= 0.6 is 0 Å². The second-order valence-electron chi connectivity index (χ2n) is 3.67. The van der Waals surface area contributed by atoms with E-state index in [1.165, 1.54) is 0 Å². The number of epoxide rings is 1. The Morgan fingerprint density at radius 3 is 2.40 bits per heavy atom. The van der Waals surface area contributed by atoms with Gasteiger partial charge in [-0.2, -0.15) is 0 Å². The predicted octanol–water partition coefficient (Wildman–Crippen LogP) is -0.159. The molecule has 1 unspecified atom stereocenters. The lowest BCUT2D eigenvalue weighted by molar-refractivity contribution is 0.00152. The van der Waals surface area contributed by atoms with Crippen molar-refractivity contribution in [1.82, 2.24) is 0 Å². The number of aliphatic hydroxyl groups excluding tert-OH is 3. The Morgan fingerprint density at radius 2 is 1.87 bits per heavy atom. The molecule has 1 heterocycles. The van der Waals surface area contributed by atoms with Crippen molar-refractivity contribution in [2.75, 3.05) is 6.61 Å². The standard InChI is InChI=1S/C11H14O4/c12-6-8-11(15-8)10(14)9(13)7-4-2-1-3-5-7/h1-5,8-14H,6H2/t8?,9-,10+,11-/m1/s1. The molecule has 0 radical (unpaired) electrons. The van der Waals surface area contributed by atoms with E-state index >= 15 is 0 Å². The van der Waals surface area contributed by atoms with Gasteiger partial charge in [0.05, 0.1) is 6.61 Å². The topological polar surface area (TPSA) is 73.2 Å². The van der Waals surface area contributed by atoms with Crippen molar-refractivity contribution in [3.63, 3.8) is 0 Å². The predicted molar refractivity (Wildman–Crippen MR) is 53.2 cm³/mol. The fraction of sp³-hybridized carbons (Fsp3) is 0.455. The van der Waals surface area contributed by atoms with Crippen LogP contribution in [0.2, 0.25) is 0 Å². The molecule has 0 aromatic heterocycles. The summed E-state index contributed by atoms with van der Waals surface area (Å²) in [6, 6.07) is 8.91. The van der Waals surface area contributed by atoms with Crippen LogP contribution < -0.4 is 0 Å². The van der Waals surface area contributed by atoms with Gasteiger partial charge >= 0.3 is 0 Å². The van der Waals surface area contributed by atoms with Crippen LogP contribution in [0.5, 0.6) is 0 Å². The molecule has 2 rings (SSSR count). The Labute approximate surface area is 87.7 Å². The first kappa shape index (κ1) is 10.6. The number of rotatable bonds is 4. The van der Waals surface area contributed by atoms with E-state index in [0.29, 0.717) is 5.56 Å². The Morgan fingerprint density at radius 1 is 1.20 bits per heavy atom. The Balaban J connectivity index is 2.00. The van der Waals surface area contributed by atoms with E-state index in [0.717, 1.165) is 0 Å². The minimum Gasteiger partial charge on any atom is -0.394 e. The van der Waals surface area contributed by atoms with Crippen LogP contribution in [0, 0.1) is 0 Å². The molecule has 0 amide bonds. The number of benzene rings is 1. The molecule has 0 aliphatic carbocycles. The van der Waals surface area contributed by atoms with Crippen LogP contribution in [0.4, 0.5) is 0 Å². The summed E-state index contributed by atoms with van der Waals surface area (Å²) in [5.41, 5.74) is 0.650. The number of aliphatic hydroxyl groups is 3. The zero-order chi connectivity index (χ0) is 10.8. The maximum atomic E-state index is 9.80. The van der Waals surface area contributed by atoms with Crippen molar-refractivity contribution in [1.29, 1.82) is 0 Å². The molecular formula is C11H14O4. The molecule has 3 N–H and O–H groups in total. The third-order valence-electron chi connectivity index (χ3n) is 2.60. The highest BCUT2D eigenvalue weighted by atomic mass is 16.6. The highest BCUT2D eigenvalue weighted by Gasteiger charge is 2.46. The maximum Gasteiger partial charge on any atom is 0.115 e. The van der Waals surface area contributed by atoms with Gasteiger partial charge in [-0.25, -0.2) is 0 Å². The zero-order valence-corrected chi connectivity index (χ0v) is 8.15. The SMILES string of the molecule is OCC1O[C@H]1[C@@H](O)[C@H](O)c1ccccc1. The first-order valence-corrected chi connectivity index (χ1v) is 4.91. The van der Waals surface area contributed by atoms with E-state index in [1.54, 1.807) is 24.3 Å². The summed E-state index contributed by atoms with van der Waals surface area (Å²) in [5, 5.41) is 28.3. The summed E-state index contributed by atoms with van der Waals surface area (Å²) in [6.07, 6.45) is -2.74. The molecular weight excluding hydrogens is 196 g/mol. The molecule has 1 aliphatic heterocycles. The van der Waals surface area contributed by atoms with Crippen molar-refractivity contribution in [3.8, 4) is 0 Å². The van der Waals surface area contributed by atoms with Gasteiger partial charge in [-0.15, -0.1) is 0 Å². The second-order valence-corrected chi connectivity index (χ2v) is 3.67. The van der Waals surface area contributed by atoms with E-state index in [9.17, 15) is 10.2 Å². The molecule has 1 aliphatic rings. The minimum absolute atomic E-state index is 0.122. The van der Waals surface area contributed by atoms with E-state index in [4.69, 9.17) is 9.84 Å². The summed E-state index contributed by atoms with van der Waals surface area (Å²) in [7, 11) is 0. The van der Waals surface area contributed by atoms with Crippen LogP contribution in [-0.4, -0.2) is 40.2 Å². The van der Waals surface area contributed by atoms with Crippen LogP contribution in [0.15, 0.2) is 30.3 Å². The molecule has 0 spiro atoms. The first-order chi connectivity index (χ1) is 7.24. The molecule has 1 saturated heterocycles. The normalized spacial score (nSPS) is 28.5. The van der Waals surface area contributed by atoms with Gasteiger partial charge < -0.3 is 20.1 Å². The summed E-state index contributed by atoms with van der Waals surface area (Å²) < 4.78 is 5.01. The lowest BCUT2D eigenvalue weighted by Crippen LogP contribution is -2.26. The van der Waals surface area contributed by atoms with Gasteiger partial charge in [0.25, 0.3) is 0 Å². The largest absolute Gasteiger partial charge is 0.394 e. The van der Waals surface area contributed by atoms with Crippen molar-refractivity contribution in [2.45, 2.75) is 24.4 Å². The fourth-order valence-electron chi connectivity index (χ4n) is 1.63. The quantitative estimate of drug-likeness (QED) is 0.604. The first-order valence-electron chi connectivity index (χ1n) is 4.91. The van der Waals surface area contributed by atoms with Gasteiger partial charge in [0.2, 0.25) is 0 Å². The van der Waals surface area contributed by atoms with Crippen LogP contribution in [0.1, 0.15) is 11.7 Å². The van der Waals surface area contributed by atoms with Gasteiger partial charge in [-0.3, -0.25) is 0 Å². The van der Waals surface area contributed by atoms with Gasteiger partial charge in [-0.1, -0.05) is 30.3 Å². The Kier molecular flexibility index (Phi) is 3.02. The lowest BCUT2D eigenvalue weighted by Gasteiger charge is -2.16. The summed E-state index contributed by atoms with van der Waals surface area (Å²) in [6.45, 7) is -0.122. The zero-order valence-electron chi connectivity index (χ0n) is 8.15. The monoisotopic (exact) mass is 210 g/mol. The highest BCUT2D eigenvalue weighted by Crippen LogP contribution is 2.31. The van der Waals surface area contributed by atoms with Crippen molar-refractivity contribution in [2.24, 2.45) is 0 Å². The molecule has 4 heteroatoms. The third kappa shape index (κ3) is 2.18. The smallest absolute Gasteiger partial charge is 0.115 e. The summed E-state index contributed by atoms with van der Waals surface area (Å²) in [5.74, 6) is 0. The molecule has 0 saturated carbocycles. The van der Waals surface area contributed by atoms with Gasteiger partial charge in [0.15, 0.2) is 0 Å². The fourth-order valence-corrected chi connectivity index (χ4v) is 1.63. The van der Waals surface area contributed by atoms with E-state index in [-0.39, 0.29) is 12.7 Å². The molecule has 4 atom stereocenters. The minimum atomic E-state index is -0.982. The maximum absolute atomic E-state index is 9.80. The molecule has 1 aromatic rings. The number of hydrogen-bond donors (Lipinski definition) is 3. The van der Waals surface area contributed by atoms with Crippen molar-refractivity contribution < 1.29 is 20.1 Å². The van der Waals surface area contributed by atoms with Gasteiger partial charge in [0.1, 0.15) is 24.4 Å². The van der Waals surface area contributed by atoms with E-state index in [1.807, 2.05) is 6.07 Å². The number of ether oxygens (including phenoxy) is 1.